The lowest BCUT2D eigenvalue weighted by Crippen LogP contribution is -2.56. The smallest absolute Gasteiger partial charge is 0.408 e. The Balaban J connectivity index is 2.63. The van der Waals surface area contributed by atoms with Gasteiger partial charge in [0.25, 0.3) is 0 Å². The van der Waals surface area contributed by atoms with Crippen LogP contribution in [-0.2, 0) is 14.3 Å². The van der Waals surface area contributed by atoms with Crippen LogP contribution in [0, 0.1) is 0 Å². The zero-order chi connectivity index (χ0) is 12.4. The van der Waals surface area contributed by atoms with Gasteiger partial charge in [-0.1, -0.05) is 0 Å². The number of nitrogens with one attached hydrogen (secondary N) is 1. The second kappa shape index (κ2) is 4.29. The van der Waals surface area contributed by atoms with Crippen LogP contribution in [0.5, 0.6) is 0 Å². The van der Waals surface area contributed by atoms with E-state index < -0.39 is 23.2 Å². The van der Waals surface area contributed by atoms with Crippen molar-refractivity contribution in [1.82, 2.24) is 5.32 Å². The number of carboxylic acids is 1. The fourth-order valence-electron chi connectivity index (χ4n) is 1.38. The largest absolute Gasteiger partial charge is 0.479 e. The van der Waals surface area contributed by atoms with Crippen molar-refractivity contribution in [3.8, 4) is 0 Å². The second-order valence-corrected chi connectivity index (χ2v) is 4.82. The van der Waals surface area contributed by atoms with E-state index in [2.05, 4.69) is 5.32 Å². The van der Waals surface area contributed by atoms with Gasteiger partial charge in [0, 0.05) is 13.0 Å². The molecule has 1 aliphatic rings. The Morgan fingerprint density at radius 2 is 2.06 bits per heavy atom. The fraction of sp³-hybridized carbons (Fsp3) is 0.800. The van der Waals surface area contributed by atoms with Crippen LogP contribution in [0.2, 0.25) is 0 Å². The molecule has 0 aromatic heterocycles. The number of hydrogen-bond donors (Lipinski definition) is 2. The van der Waals surface area contributed by atoms with Gasteiger partial charge >= 0.3 is 12.1 Å². The number of alkyl carbamates (subject to hydrolysis) is 1. The number of carbonyl (C=O) groups excluding carboxylic acids is 1. The number of aliphatic carboxylic acids is 1. The lowest BCUT2D eigenvalue weighted by atomic mass is 10.00. The molecule has 2 N–H and O–H groups in total. The summed E-state index contributed by atoms with van der Waals surface area (Å²) in [5, 5.41) is 11.4. The van der Waals surface area contributed by atoms with E-state index in [1.165, 1.54) is 0 Å². The van der Waals surface area contributed by atoms with E-state index >= 15 is 0 Å². The molecule has 1 atom stereocenters. The highest BCUT2D eigenvalue weighted by Gasteiger charge is 2.44. The lowest BCUT2D eigenvalue weighted by molar-refractivity contribution is -0.144. The molecule has 1 rings (SSSR count). The molecule has 6 nitrogen and oxygen atoms in total. The summed E-state index contributed by atoms with van der Waals surface area (Å²) >= 11 is 0. The summed E-state index contributed by atoms with van der Waals surface area (Å²) in [5.74, 6) is -1.10. The van der Waals surface area contributed by atoms with E-state index in [0.717, 1.165) is 0 Å². The number of carbonyl (C=O) groups is 2. The van der Waals surface area contributed by atoms with Gasteiger partial charge in [-0.2, -0.15) is 0 Å². The van der Waals surface area contributed by atoms with E-state index in [9.17, 15) is 9.59 Å². The minimum atomic E-state index is -1.34. The van der Waals surface area contributed by atoms with Gasteiger partial charge in [-0.15, -0.1) is 0 Å². The maximum Gasteiger partial charge on any atom is 0.408 e. The number of hydrogen-bond acceptors (Lipinski definition) is 4. The quantitative estimate of drug-likeness (QED) is 0.732. The van der Waals surface area contributed by atoms with Crippen LogP contribution in [0.4, 0.5) is 4.79 Å². The van der Waals surface area contributed by atoms with Gasteiger partial charge < -0.3 is 19.9 Å². The normalized spacial score (nSPS) is 25.2. The summed E-state index contributed by atoms with van der Waals surface area (Å²) in [7, 11) is 0. The first-order chi connectivity index (χ1) is 7.25. The van der Waals surface area contributed by atoms with Crippen molar-refractivity contribution in [1.29, 1.82) is 0 Å². The molecule has 1 fully saturated rings. The molecule has 6 heteroatoms. The highest BCUT2D eigenvalue weighted by molar-refractivity contribution is 5.85. The molecule has 0 aliphatic carbocycles. The average molecular weight is 231 g/mol. The highest BCUT2D eigenvalue weighted by atomic mass is 16.6. The first-order valence-electron chi connectivity index (χ1n) is 5.07. The summed E-state index contributed by atoms with van der Waals surface area (Å²) in [6.07, 6.45) is -0.484. The number of rotatable bonds is 2. The van der Waals surface area contributed by atoms with Gasteiger partial charge in [-0.05, 0) is 20.8 Å². The Labute approximate surface area is 93.9 Å². The summed E-state index contributed by atoms with van der Waals surface area (Å²) in [6.45, 7) is 5.44. The molecule has 0 bridgehead atoms. The molecular weight excluding hydrogens is 214 g/mol. The van der Waals surface area contributed by atoms with Crippen LogP contribution >= 0.6 is 0 Å². The van der Waals surface area contributed by atoms with E-state index in [-0.39, 0.29) is 13.0 Å². The summed E-state index contributed by atoms with van der Waals surface area (Å²) in [5.41, 5.74) is -1.99. The van der Waals surface area contributed by atoms with Crippen molar-refractivity contribution >= 4 is 12.1 Å². The zero-order valence-electron chi connectivity index (χ0n) is 9.70. The van der Waals surface area contributed by atoms with Crippen molar-refractivity contribution in [2.75, 3.05) is 13.2 Å². The summed E-state index contributed by atoms with van der Waals surface area (Å²) in [4.78, 5) is 22.5. The predicted molar refractivity (Wildman–Crippen MR) is 55.2 cm³/mol. The molecule has 1 heterocycles. The van der Waals surface area contributed by atoms with Crippen molar-refractivity contribution in [2.24, 2.45) is 0 Å². The van der Waals surface area contributed by atoms with Crippen LogP contribution in [0.15, 0.2) is 0 Å². The number of carboxylic acid groups (broad SMARTS) is 1. The standard InChI is InChI=1S/C10H17NO5/c1-9(2,3)16-8(14)11-10(7(12)13)4-5-15-6-10/h4-6H2,1-3H3,(H,11,14)(H,12,13)/t10-/m0/s1. The Bertz CT molecular complexity index is 288. The molecule has 0 unspecified atom stereocenters. The van der Waals surface area contributed by atoms with Gasteiger partial charge in [0.15, 0.2) is 5.54 Å². The Morgan fingerprint density at radius 3 is 2.44 bits per heavy atom. The van der Waals surface area contributed by atoms with E-state index in [1.54, 1.807) is 20.8 Å². The number of ether oxygens (including phenoxy) is 2. The van der Waals surface area contributed by atoms with Crippen molar-refractivity contribution in [3.63, 3.8) is 0 Å². The van der Waals surface area contributed by atoms with E-state index in [0.29, 0.717) is 6.61 Å². The molecule has 1 saturated heterocycles. The molecular formula is C10H17NO5. The summed E-state index contributed by atoms with van der Waals surface area (Å²) < 4.78 is 10.0. The molecule has 1 amide bonds. The predicted octanol–water partition coefficient (Wildman–Crippen LogP) is 0.755. The first kappa shape index (κ1) is 12.8. The fourth-order valence-corrected chi connectivity index (χ4v) is 1.38. The Morgan fingerprint density at radius 1 is 1.44 bits per heavy atom. The molecule has 0 spiro atoms. The van der Waals surface area contributed by atoms with Crippen molar-refractivity contribution in [2.45, 2.75) is 38.3 Å². The third-order valence-electron chi connectivity index (χ3n) is 2.17. The third kappa shape index (κ3) is 3.10. The maximum absolute atomic E-state index is 11.5. The first-order valence-corrected chi connectivity index (χ1v) is 5.07. The third-order valence-corrected chi connectivity index (χ3v) is 2.17. The molecule has 0 radical (unpaired) electrons. The Hall–Kier alpha value is -1.30. The van der Waals surface area contributed by atoms with Crippen LogP contribution in [0.3, 0.4) is 0 Å². The van der Waals surface area contributed by atoms with Crippen LogP contribution in [0.25, 0.3) is 0 Å². The monoisotopic (exact) mass is 231 g/mol. The number of amides is 1. The van der Waals surface area contributed by atoms with E-state index in [1.807, 2.05) is 0 Å². The second-order valence-electron chi connectivity index (χ2n) is 4.82. The van der Waals surface area contributed by atoms with Crippen LogP contribution in [0.1, 0.15) is 27.2 Å². The zero-order valence-corrected chi connectivity index (χ0v) is 9.70. The SMILES string of the molecule is CC(C)(C)OC(=O)N[C@@]1(C(=O)O)CCOC1. The lowest BCUT2D eigenvalue weighted by Gasteiger charge is -2.26. The van der Waals surface area contributed by atoms with Gasteiger partial charge in [-0.3, -0.25) is 0 Å². The molecule has 0 aromatic rings. The highest BCUT2D eigenvalue weighted by Crippen LogP contribution is 2.20. The molecule has 1 aliphatic heterocycles. The summed E-state index contributed by atoms with van der Waals surface area (Å²) in [6, 6.07) is 0. The minimum absolute atomic E-state index is 0.0262. The van der Waals surface area contributed by atoms with Crippen LogP contribution in [-0.4, -0.2) is 41.5 Å². The molecule has 0 aromatic carbocycles. The van der Waals surface area contributed by atoms with Crippen molar-refractivity contribution in [3.05, 3.63) is 0 Å². The minimum Gasteiger partial charge on any atom is -0.479 e. The van der Waals surface area contributed by atoms with E-state index in [4.69, 9.17) is 14.6 Å². The van der Waals surface area contributed by atoms with Gasteiger partial charge in [-0.25, -0.2) is 9.59 Å². The van der Waals surface area contributed by atoms with Crippen molar-refractivity contribution < 1.29 is 24.2 Å². The topological polar surface area (TPSA) is 84.9 Å². The molecule has 16 heavy (non-hydrogen) atoms. The van der Waals surface area contributed by atoms with Crippen LogP contribution < -0.4 is 5.32 Å². The van der Waals surface area contributed by atoms with Gasteiger partial charge in [0.1, 0.15) is 5.60 Å². The van der Waals surface area contributed by atoms with Gasteiger partial charge in [0.2, 0.25) is 0 Å². The maximum atomic E-state index is 11.5. The van der Waals surface area contributed by atoms with Gasteiger partial charge in [0.05, 0.1) is 6.61 Å². The average Bonchev–Trinajstić information content (AvgIpc) is 2.49. The molecule has 0 saturated carbocycles. The molecule has 92 valence electrons. The Kier molecular flexibility index (Phi) is 3.42.